The second kappa shape index (κ2) is 13.9. The van der Waals surface area contributed by atoms with Gasteiger partial charge in [-0.1, -0.05) is 40.2 Å². The van der Waals surface area contributed by atoms with E-state index < -0.39 is 0 Å². The van der Waals surface area contributed by atoms with E-state index in [1.54, 1.807) is 0 Å². The zero-order valence-corrected chi connectivity index (χ0v) is 22.5. The molecule has 164 valence electrons. The molecule has 1 aromatic heterocycles. The van der Waals surface area contributed by atoms with Gasteiger partial charge < -0.3 is 24.0 Å². The van der Waals surface area contributed by atoms with Crippen LogP contribution in [0.4, 0.5) is 0 Å². The van der Waals surface area contributed by atoms with Crippen LogP contribution in [0.25, 0.3) is 23.2 Å². The maximum absolute atomic E-state index is 3.49. The fourth-order valence-corrected chi connectivity index (χ4v) is 3.80. The SMILES string of the molecule is C[n+]1c(/C=C/c2ccc(Br)cc2)n(C[C]2[CH][CH][CH][CH]2)c2ccccc21.[CH]1[CH][CH][CH][CH]1.[Fe].[I-]. The third-order valence-electron chi connectivity index (χ3n) is 5.08. The number of imidazole rings is 1. The average molecular weight is 639 g/mol. The molecule has 2 nitrogen and oxygen atoms in total. The van der Waals surface area contributed by atoms with Gasteiger partial charge in [-0.2, -0.15) is 0 Å². The Bertz CT molecular complexity index is 979. The molecule has 0 aliphatic heterocycles. The van der Waals surface area contributed by atoms with Gasteiger partial charge >= 0.3 is 0 Å². The Kier molecular flexibility index (Phi) is 12.0. The Labute approximate surface area is 229 Å². The third kappa shape index (κ3) is 7.19. The minimum atomic E-state index is 0. The summed E-state index contributed by atoms with van der Waals surface area (Å²) in [7, 11) is 2.13. The summed E-state index contributed by atoms with van der Waals surface area (Å²) in [5.41, 5.74) is 3.68. The molecule has 0 amide bonds. The fourth-order valence-electron chi connectivity index (χ4n) is 3.54. The monoisotopic (exact) mass is 638 g/mol. The minimum absolute atomic E-state index is 0. The van der Waals surface area contributed by atoms with Crippen LogP contribution in [-0.2, 0) is 30.7 Å². The molecule has 5 heteroatoms. The van der Waals surface area contributed by atoms with E-state index in [1.165, 1.54) is 28.3 Å². The fraction of sp³-hybridized carbons (Fsp3) is 0.0741. The molecule has 2 aliphatic rings. The van der Waals surface area contributed by atoms with Crippen LogP contribution in [0, 0.1) is 63.7 Å². The summed E-state index contributed by atoms with van der Waals surface area (Å²) in [5, 5.41) is 0. The summed E-state index contributed by atoms with van der Waals surface area (Å²) >= 11 is 3.49. The van der Waals surface area contributed by atoms with Crippen LogP contribution in [0.5, 0.6) is 0 Å². The number of aryl methyl sites for hydroxylation is 1. The summed E-state index contributed by atoms with van der Waals surface area (Å²) in [4.78, 5) is 0. The van der Waals surface area contributed by atoms with Crippen molar-refractivity contribution in [1.82, 2.24) is 4.57 Å². The zero-order chi connectivity index (χ0) is 20.8. The second-order valence-corrected chi connectivity index (χ2v) is 8.05. The molecule has 0 N–H and O–H groups in total. The van der Waals surface area contributed by atoms with Gasteiger partial charge in [0.1, 0.15) is 0 Å². The average Bonchev–Trinajstić information content (AvgIpc) is 3.54. The quantitative estimate of drug-likeness (QED) is 0.236. The third-order valence-corrected chi connectivity index (χ3v) is 5.61. The number of hydrogen-bond donors (Lipinski definition) is 0. The molecule has 2 aromatic carbocycles. The zero-order valence-electron chi connectivity index (χ0n) is 17.7. The van der Waals surface area contributed by atoms with Crippen molar-refractivity contribution in [2.24, 2.45) is 7.05 Å². The molecule has 0 atom stereocenters. The molecule has 2 aliphatic carbocycles. The Balaban J connectivity index is 0.000000460. The number of benzene rings is 2. The van der Waals surface area contributed by atoms with Gasteiger partial charge in [0.05, 0.1) is 13.6 Å². The molecule has 0 bridgehead atoms. The minimum Gasteiger partial charge on any atom is -1.00 e. The Morgan fingerprint density at radius 1 is 0.812 bits per heavy atom. The molecule has 0 unspecified atom stereocenters. The summed E-state index contributed by atoms with van der Waals surface area (Å²) < 4.78 is 5.73. The van der Waals surface area contributed by atoms with Crippen LogP contribution in [0.3, 0.4) is 0 Å². The van der Waals surface area contributed by atoms with E-state index in [0.717, 1.165) is 11.0 Å². The number of halogens is 2. The van der Waals surface area contributed by atoms with Crippen LogP contribution in [-0.4, -0.2) is 4.57 Å². The number of nitrogens with zero attached hydrogens (tertiary/aromatic N) is 2. The first-order chi connectivity index (χ1) is 14.7. The van der Waals surface area contributed by atoms with Crippen LogP contribution >= 0.6 is 15.9 Å². The summed E-state index contributed by atoms with van der Waals surface area (Å²) in [6, 6.07) is 16.9. The molecule has 2 saturated carbocycles. The van der Waals surface area contributed by atoms with E-state index in [1.807, 2.05) is 32.1 Å². The maximum Gasteiger partial charge on any atom is 0.282 e. The van der Waals surface area contributed by atoms with Crippen molar-refractivity contribution >= 4 is 39.1 Å². The summed E-state index contributed by atoms with van der Waals surface area (Å²) in [6.45, 7) is 0.869. The maximum atomic E-state index is 3.49. The first-order valence-corrected chi connectivity index (χ1v) is 10.8. The molecule has 2 fully saturated rings. The Morgan fingerprint density at radius 3 is 2.03 bits per heavy atom. The van der Waals surface area contributed by atoms with Gasteiger partial charge in [-0.25, -0.2) is 9.13 Å². The van der Waals surface area contributed by atoms with Crippen molar-refractivity contribution in [2.75, 3.05) is 0 Å². The molecule has 10 radical (unpaired) electrons. The van der Waals surface area contributed by atoms with E-state index in [0.29, 0.717) is 0 Å². The van der Waals surface area contributed by atoms with Gasteiger partial charge in [0.15, 0.2) is 11.0 Å². The number of rotatable bonds is 4. The van der Waals surface area contributed by atoms with Crippen molar-refractivity contribution in [1.29, 1.82) is 0 Å². The van der Waals surface area contributed by atoms with E-state index in [4.69, 9.17) is 0 Å². The first-order valence-electron chi connectivity index (χ1n) is 10.0. The van der Waals surface area contributed by atoms with Gasteiger partial charge in [-0.05, 0) is 93.7 Å². The number of hydrogen-bond acceptors (Lipinski definition) is 0. The molecule has 0 spiro atoms. The molecule has 5 rings (SSSR count). The van der Waals surface area contributed by atoms with Crippen LogP contribution in [0.2, 0.25) is 0 Å². The van der Waals surface area contributed by atoms with Crippen LogP contribution in [0.1, 0.15) is 11.4 Å². The molecule has 1 heterocycles. The van der Waals surface area contributed by atoms with Crippen molar-refractivity contribution in [2.45, 2.75) is 6.54 Å². The van der Waals surface area contributed by atoms with Crippen molar-refractivity contribution in [3.05, 3.63) is 128 Å². The van der Waals surface area contributed by atoms with Gasteiger partial charge in [-0.15, -0.1) is 0 Å². The van der Waals surface area contributed by atoms with Gasteiger partial charge in [-0.3, -0.25) is 0 Å². The smallest absolute Gasteiger partial charge is 0.282 e. The van der Waals surface area contributed by atoms with Gasteiger partial charge in [0, 0.05) is 33.5 Å². The first kappa shape index (κ1) is 27.6. The Hall–Kier alpha value is -0.621. The normalized spacial score (nSPS) is 15.9. The van der Waals surface area contributed by atoms with E-state index >= 15 is 0 Å². The molecule has 32 heavy (non-hydrogen) atoms. The van der Waals surface area contributed by atoms with Crippen LogP contribution in [0.15, 0.2) is 53.0 Å². The number of fused-ring (bicyclic) bond motifs is 1. The topological polar surface area (TPSA) is 8.81 Å². The van der Waals surface area contributed by atoms with E-state index in [-0.39, 0.29) is 41.0 Å². The summed E-state index contributed by atoms with van der Waals surface area (Å²) in [6.07, 6.45) is 22.9. The largest absolute Gasteiger partial charge is 1.00 e. The summed E-state index contributed by atoms with van der Waals surface area (Å²) in [5.74, 6) is 2.50. The second-order valence-electron chi connectivity index (χ2n) is 7.13. The van der Waals surface area contributed by atoms with E-state index in [2.05, 4.69) is 118 Å². The van der Waals surface area contributed by atoms with Crippen molar-refractivity contribution < 1.29 is 45.6 Å². The van der Waals surface area contributed by atoms with Gasteiger partial charge in [0.2, 0.25) is 0 Å². The van der Waals surface area contributed by atoms with Crippen LogP contribution < -0.4 is 28.5 Å². The molecular formula is C27H24BrFeIN2. The predicted molar refractivity (Wildman–Crippen MR) is 128 cm³/mol. The Morgan fingerprint density at radius 2 is 1.41 bits per heavy atom. The number of para-hydroxylation sites is 2. The molecule has 3 aromatic rings. The standard InChI is InChI=1S/C22H19BrN2.C5H5.Fe.HI/c1-24-20-8-4-5-9-21(20)25(16-18-6-2-3-7-18)22(24)15-12-17-10-13-19(23)14-11-17;1-2-4-5-3-1;;/h2-15H,16H2,1H3;1-5H;;1H/q+1;;;/p-1/b15-12+;;;. The van der Waals surface area contributed by atoms with E-state index in [9.17, 15) is 0 Å². The molecule has 0 saturated heterocycles. The van der Waals surface area contributed by atoms with Crippen molar-refractivity contribution in [3.8, 4) is 0 Å². The van der Waals surface area contributed by atoms with Crippen molar-refractivity contribution in [3.63, 3.8) is 0 Å². The predicted octanol–water partition coefficient (Wildman–Crippen LogP) is 2.83. The molecular weight excluding hydrogens is 615 g/mol. The number of aromatic nitrogens is 2. The van der Waals surface area contributed by atoms with Gasteiger partial charge in [0.25, 0.3) is 5.82 Å².